The second-order valence-electron chi connectivity index (χ2n) is 10.8. The topological polar surface area (TPSA) is 17.1 Å². The molecular formula is C25H46O. The third-order valence-corrected chi connectivity index (χ3v) is 5.01. The monoisotopic (exact) mass is 362 g/mol. The molecule has 0 spiro atoms. The van der Waals surface area contributed by atoms with Gasteiger partial charge in [0.05, 0.1) is 0 Å². The number of ketones is 1. The van der Waals surface area contributed by atoms with Crippen molar-refractivity contribution in [3.05, 3.63) is 23.3 Å². The maximum absolute atomic E-state index is 12.8. The molecule has 0 aromatic rings. The summed E-state index contributed by atoms with van der Waals surface area (Å²) < 4.78 is 0. The Kier molecular flexibility index (Phi) is 10.7. The van der Waals surface area contributed by atoms with Crippen molar-refractivity contribution in [3.63, 3.8) is 0 Å². The van der Waals surface area contributed by atoms with E-state index in [1.54, 1.807) is 0 Å². The van der Waals surface area contributed by atoms with Crippen LogP contribution in [0.1, 0.15) is 108 Å². The summed E-state index contributed by atoms with van der Waals surface area (Å²) in [6.45, 7) is 22.4. The Morgan fingerprint density at radius 2 is 1.00 bits per heavy atom. The maximum atomic E-state index is 12.8. The van der Waals surface area contributed by atoms with Crippen LogP contribution in [0.4, 0.5) is 0 Å². The van der Waals surface area contributed by atoms with Crippen LogP contribution in [0.15, 0.2) is 23.3 Å². The lowest BCUT2D eigenvalue weighted by atomic mass is 9.80. The fraction of sp³-hybridized carbons (Fsp3) is 0.800. The predicted octanol–water partition coefficient (Wildman–Crippen LogP) is 8.15. The first kappa shape index (κ1) is 25.1. The third kappa shape index (κ3) is 11.7. The number of hydrogen-bond acceptors (Lipinski definition) is 1. The van der Waals surface area contributed by atoms with Gasteiger partial charge in [-0.1, -0.05) is 93.2 Å². The van der Waals surface area contributed by atoms with E-state index in [9.17, 15) is 4.79 Å². The quantitative estimate of drug-likeness (QED) is 0.358. The first-order valence-electron chi connectivity index (χ1n) is 10.7. The summed E-state index contributed by atoms with van der Waals surface area (Å²) in [6, 6.07) is 0. The minimum absolute atomic E-state index is 0.0556. The SMILES string of the molecule is CC(C)CCCC(=CC(=O)C=C(CCCC(C)C)C(C)(C)C)C(C)(C)C. The van der Waals surface area contributed by atoms with Gasteiger partial charge >= 0.3 is 0 Å². The fourth-order valence-corrected chi connectivity index (χ4v) is 3.11. The Bertz CT molecular complexity index is 431. The standard InChI is InChI=1S/C25H46O/c1-19(2)13-11-15-21(24(5,6)7)17-23(26)18-22(25(8,9)10)16-12-14-20(3)4/h17-20H,11-16H2,1-10H3. The van der Waals surface area contributed by atoms with Crippen LogP contribution in [0.3, 0.4) is 0 Å². The predicted molar refractivity (Wildman–Crippen MR) is 117 cm³/mol. The van der Waals surface area contributed by atoms with Crippen molar-refractivity contribution in [2.75, 3.05) is 0 Å². The molecule has 0 amide bonds. The van der Waals surface area contributed by atoms with Crippen LogP contribution in [0, 0.1) is 22.7 Å². The summed E-state index contributed by atoms with van der Waals surface area (Å²) >= 11 is 0. The lowest BCUT2D eigenvalue weighted by Gasteiger charge is -2.25. The summed E-state index contributed by atoms with van der Waals surface area (Å²) in [6.07, 6.45) is 10.7. The van der Waals surface area contributed by atoms with Crippen molar-refractivity contribution >= 4 is 5.78 Å². The summed E-state index contributed by atoms with van der Waals surface area (Å²) in [7, 11) is 0. The lowest BCUT2D eigenvalue weighted by Crippen LogP contribution is -2.14. The van der Waals surface area contributed by atoms with Crippen LogP contribution in [-0.2, 0) is 4.79 Å². The fourth-order valence-electron chi connectivity index (χ4n) is 3.11. The number of allylic oxidation sites excluding steroid dienone is 4. The van der Waals surface area contributed by atoms with Gasteiger partial charge in [-0.25, -0.2) is 0 Å². The Hall–Kier alpha value is -0.850. The van der Waals surface area contributed by atoms with E-state index in [4.69, 9.17) is 0 Å². The van der Waals surface area contributed by atoms with E-state index < -0.39 is 0 Å². The van der Waals surface area contributed by atoms with Crippen molar-refractivity contribution < 1.29 is 4.79 Å². The molecule has 0 N–H and O–H groups in total. The molecule has 0 aliphatic carbocycles. The summed E-state index contributed by atoms with van der Waals surface area (Å²) in [4.78, 5) is 12.8. The molecule has 26 heavy (non-hydrogen) atoms. The summed E-state index contributed by atoms with van der Waals surface area (Å²) in [5, 5.41) is 0. The van der Waals surface area contributed by atoms with Crippen LogP contribution in [0.2, 0.25) is 0 Å². The van der Waals surface area contributed by atoms with E-state index in [1.807, 2.05) is 12.2 Å². The van der Waals surface area contributed by atoms with Crippen molar-refractivity contribution in [1.29, 1.82) is 0 Å². The highest BCUT2D eigenvalue weighted by atomic mass is 16.1. The number of carbonyl (C=O) groups excluding carboxylic acids is 1. The van der Waals surface area contributed by atoms with Gasteiger partial charge in [-0.2, -0.15) is 0 Å². The van der Waals surface area contributed by atoms with Gasteiger partial charge in [0.25, 0.3) is 0 Å². The molecule has 0 atom stereocenters. The molecule has 0 rings (SSSR count). The molecule has 0 saturated carbocycles. The molecular weight excluding hydrogens is 316 g/mol. The molecule has 0 unspecified atom stereocenters. The Morgan fingerprint density at radius 3 is 1.23 bits per heavy atom. The van der Waals surface area contributed by atoms with E-state index in [1.165, 1.54) is 24.0 Å². The molecule has 0 heterocycles. The van der Waals surface area contributed by atoms with Crippen molar-refractivity contribution in [3.8, 4) is 0 Å². The molecule has 152 valence electrons. The van der Waals surface area contributed by atoms with E-state index >= 15 is 0 Å². The first-order chi connectivity index (χ1) is 11.7. The van der Waals surface area contributed by atoms with Crippen molar-refractivity contribution in [1.82, 2.24) is 0 Å². The molecule has 0 saturated heterocycles. The first-order valence-corrected chi connectivity index (χ1v) is 10.7. The molecule has 0 aromatic heterocycles. The van der Waals surface area contributed by atoms with Crippen LogP contribution in [0.25, 0.3) is 0 Å². The zero-order valence-electron chi connectivity index (χ0n) is 19.5. The number of hydrogen-bond donors (Lipinski definition) is 0. The normalized spacial score (nSPS) is 14.5. The van der Waals surface area contributed by atoms with E-state index in [0.717, 1.165) is 37.5 Å². The average Bonchev–Trinajstić information content (AvgIpc) is 2.42. The van der Waals surface area contributed by atoms with Crippen LogP contribution in [-0.4, -0.2) is 5.78 Å². The van der Waals surface area contributed by atoms with Gasteiger partial charge in [-0.15, -0.1) is 0 Å². The van der Waals surface area contributed by atoms with Gasteiger partial charge in [0, 0.05) is 0 Å². The maximum Gasteiger partial charge on any atom is 0.178 e. The molecule has 1 nitrogen and oxygen atoms in total. The Labute approximate surface area is 164 Å². The molecule has 0 fully saturated rings. The van der Waals surface area contributed by atoms with Gasteiger partial charge in [0.1, 0.15) is 0 Å². The second-order valence-corrected chi connectivity index (χ2v) is 10.8. The molecule has 0 aliphatic heterocycles. The Morgan fingerprint density at radius 1 is 0.692 bits per heavy atom. The minimum Gasteiger partial charge on any atom is -0.290 e. The van der Waals surface area contributed by atoms with Crippen molar-refractivity contribution in [2.24, 2.45) is 22.7 Å². The van der Waals surface area contributed by atoms with Gasteiger partial charge in [0.15, 0.2) is 5.78 Å². The molecule has 0 aliphatic rings. The van der Waals surface area contributed by atoms with Gasteiger partial charge < -0.3 is 0 Å². The average molecular weight is 363 g/mol. The smallest absolute Gasteiger partial charge is 0.178 e. The summed E-state index contributed by atoms with van der Waals surface area (Å²) in [5.74, 6) is 1.62. The molecule has 0 aromatic carbocycles. The second kappa shape index (κ2) is 11.1. The van der Waals surface area contributed by atoms with Crippen molar-refractivity contribution in [2.45, 2.75) is 108 Å². The lowest BCUT2D eigenvalue weighted by molar-refractivity contribution is -0.110. The molecule has 1 heteroatoms. The Balaban J connectivity index is 5.28. The van der Waals surface area contributed by atoms with Crippen LogP contribution < -0.4 is 0 Å². The van der Waals surface area contributed by atoms with Crippen LogP contribution in [0.5, 0.6) is 0 Å². The highest BCUT2D eigenvalue weighted by Gasteiger charge is 2.20. The minimum atomic E-state index is 0.0556. The van der Waals surface area contributed by atoms with Gasteiger partial charge in [-0.3, -0.25) is 4.79 Å². The third-order valence-electron chi connectivity index (χ3n) is 5.01. The highest BCUT2D eigenvalue weighted by Crippen LogP contribution is 2.32. The number of carbonyl (C=O) groups is 1. The van der Waals surface area contributed by atoms with E-state index in [0.29, 0.717) is 0 Å². The van der Waals surface area contributed by atoms with Gasteiger partial charge in [-0.05, 0) is 60.5 Å². The summed E-state index contributed by atoms with van der Waals surface area (Å²) in [5.41, 5.74) is 2.68. The molecule has 0 radical (unpaired) electrons. The largest absolute Gasteiger partial charge is 0.290 e. The number of rotatable bonds is 10. The zero-order valence-corrected chi connectivity index (χ0v) is 19.5. The zero-order chi connectivity index (χ0) is 20.5. The van der Waals surface area contributed by atoms with Gasteiger partial charge in [0.2, 0.25) is 0 Å². The van der Waals surface area contributed by atoms with E-state index in [-0.39, 0.29) is 16.6 Å². The van der Waals surface area contributed by atoms with E-state index in [2.05, 4.69) is 69.2 Å². The highest BCUT2D eigenvalue weighted by molar-refractivity contribution is 6.00. The molecule has 0 bridgehead atoms. The van der Waals surface area contributed by atoms with Crippen LogP contribution >= 0.6 is 0 Å².